The Hall–Kier alpha value is -3.18. The van der Waals surface area contributed by atoms with Crippen LogP contribution in [0.2, 0.25) is 5.02 Å². The van der Waals surface area contributed by atoms with E-state index in [4.69, 9.17) is 16.3 Å². The molecule has 1 aliphatic heterocycles. The van der Waals surface area contributed by atoms with Crippen LogP contribution >= 0.6 is 11.6 Å². The lowest BCUT2D eigenvalue weighted by atomic mass is 9.94. The molecule has 12 heteroatoms. The number of carbonyl (C=O) groups is 2. The number of hydrogen-bond donors (Lipinski definition) is 1. The number of alkyl halides is 3. The highest BCUT2D eigenvalue weighted by Gasteiger charge is 2.39. The summed E-state index contributed by atoms with van der Waals surface area (Å²) in [6.45, 7) is 1.82. The monoisotopic (exact) mass is 513 g/mol. The second kappa shape index (κ2) is 9.46. The van der Waals surface area contributed by atoms with Gasteiger partial charge in [-0.2, -0.15) is 17.9 Å². The van der Waals surface area contributed by atoms with Crippen LogP contribution in [0.15, 0.2) is 36.4 Å². The highest BCUT2D eigenvalue weighted by molar-refractivity contribution is 6.34. The second-order valence-electron chi connectivity index (χ2n) is 8.00. The van der Waals surface area contributed by atoms with Gasteiger partial charge in [0.1, 0.15) is 5.82 Å². The molecule has 0 aliphatic carbocycles. The number of aliphatic hydroxyl groups is 1. The Morgan fingerprint density at radius 2 is 1.94 bits per heavy atom. The summed E-state index contributed by atoms with van der Waals surface area (Å²) in [5.41, 5.74) is -2.13. The molecule has 2 atom stereocenters. The van der Waals surface area contributed by atoms with Crippen LogP contribution < -0.4 is 4.90 Å². The number of esters is 1. The largest absolute Gasteiger partial charge is 0.466 e. The van der Waals surface area contributed by atoms with Crippen LogP contribution in [0.4, 0.5) is 23.4 Å². The predicted molar refractivity (Wildman–Crippen MR) is 119 cm³/mol. The summed E-state index contributed by atoms with van der Waals surface area (Å²) >= 11 is 5.99. The van der Waals surface area contributed by atoms with Crippen LogP contribution in [0.5, 0.6) is 0 Å². The van der Waals surface area contributed by atoms with Gasteiger partial charge in [0.2, 0.25) is 0 Å². The fourth-order valence-electron chi connectivity index (χ4n) is 4.22. The summed E-state index contributed by atoms with van der Waals surface area (Å²) in [5, 5.41) is 14.1. The second-order valence-corrected chi connectivity index (χ2v) is 8.40. The minimum atomic E-state index is -4.87. The van der Waals surface area contributed by atoms with Gasteiger partial charge in [-0.1, -0.05) is 23.7 Å². The molecule has 0 bridgehead atoms. The molecule has 0 amide bonds. The lowest BCUT2D eigenvalue weighted by molar-refractivity contribution is -0.152. The van der Waals surface area contributed by atoms with Crippen LogP contribution in [0.1, 0.15) is 29.3 Å². The van der Waals surface area contributed by atoms with Crippen molar-refractivity contribution in [3.8, 4) is 0 Å². The Bertz CT molecular complexity index is 1290. The Kier molecular flexibility index (Phi) is 6.74. The van der Waals surface area contributed by atoms with E-state index in [-0.39, 0.29) is 42.8 Å². The van der Waals surface area contributed by atoms with Crippen molar-refractivity contribution in [2.75, 3.05) is 24.6 Å². The molecule has 186 valence electrons. The molecule has 0 radical (unpaired) electrons. The summed E-state index contributed by atoms with van der Waals surface area (Å²) in [4.78, 5) is 26.9. The quantitative estimate of drug-likeness (QED) is 0.414. The molecule has 1 fully saturated rings. The SMILES string of the molecule is CCOC(=O)C1CCN(c2nn(C(=O)c3c(Cl)cccc3C(F)(F)F)c3cccc(F)c23)CC1O. The van der Waals surface area contributed by atoms with E-state index in [1.165, 1.54) is 17.0 Å². The number of benzene rings is 2. The van der Waals surface area contributed by atoms with Gasteiger partial charge in [0.15, 0.2) is 5.82 Å². The fourth-order valence-corrected chi connectivity index (χ4v) is 4.47. The summed E-state index contributed by atoms with van der Waals surface area (Å²) in [6, 6.07) is 6.71. The van der Waals surface area contributed by atoms with Gasteiger partial charge in [0, 0.05) is 13.1 Å². The minimum absolute atomic E-state index is 0.0478. The maximum absolute atomic E-state index is 14.9. The molecule has 7 nitrogen and oxygen atoms in total. The van der Waals surface area contributed by atoms with E-state index in [0.717, 1.165) is 24.3 Å². The van der Waals surface area contributed by atoms with E-state index >= 15 is 0 Å². The number of hydrogen-bond acceptors (Lipinski definition) is 6. The molecule has 4 rings (SSSR count). The predicted octanol–water partition coefficient (Wildman–Crippen LogP) is 4.29. The smallest absolute Gasteiger partial charge is 0.417 e. The zero-order valence-corrected chi connectivity index (χ0v) is 19.1. The first-order chi connectivity index (χ1) is 16.5. The van der Waals surface area contributed by atoms with Gasteiger partial charge in [-0.3, -0.25) is 9.59 Å². The standard InChI is InChI=1S/C23H20ClF4N3O4/c1-2-35-22(34)12-9-10-30(11-17(12)32)20-19-15(25)7-4-8-16(19)31(29-20)21(33)18-13(23(26,27)28)5-3-6-14(18)24/h3-8,12,17,32H,2,9-11H2,1H3. The molecule has 1 aliphatic rings. The summed E-state index contributed by atoms with van der Waals surface area (Å²) in [6.07, 6.45) is -5.86. The Labute approximate surface area is 201 Å². The number of anilines is 1. The van der Waals surface area contributed by atoms with Gasteiger partial charge in [-0.05, 0) is 37.6 Å². The molecular formula is C23H20ClF4N3O4. The van der Waals surface area contributed by atoms with Crippen LogP contribution in [0, 0.1) is 11.7 Å². The summed E-state index contributed by atoms with van der Waals surface area (Å²) < 4.78 is 61.4. The van der Waals surface area contributed by atoms with E-state index in [0.29, 0.717) is 4.68 Å². The van der Waals surface area contributed by atoms with Gasteiger partial charge >= 0.3 is 12.1 Å². The van der Waals surface area contributed by atoms with Crippen molar-refractivity contribution in [3.05, 3.63) is 58.4 Å². The van der Waals surface area contributed by atoms with Crippen LogP contribution in [-0.4, -0.2) is 52.6 Å². The number of aliphatic hydroxyl groups excluding tert-OH is 1. The molecule has 2 unspecified atom stereocenters. The zero-order chi connectivity index (χ0) is 25.5. The number of nitrogens with zero attached hydrogens (tertiary/aromatic N) is 3. The van der Waals surface area contributed by atoms with Gasteiger partial charge in [0.05, 0.1) is 45.7 Å². The highest BCUT2D eigenvalue weighted by Crippen LogP contribution is 2.37. The number of ether oxygens (including phenoxy) is 1. The third-order valence-corrected chi connectivity index (χ3v) is 6.15. The number of rotatable bonds is 4. The Morgan fingerprint density at radius 3 is 2.60 bits per heavy atom. The topological polar surface area (TPSA) is 84.7 Å². The van der Waals surface area contributed by atoms with Crippen molar-refractivity contribution in [2.24, 2.45) is 5.92 Å². The molecular weight excluding hydrogens is 494 g/mol. The molecule has 2 heterocycles. The van der Waals surface area contributed by atoms with Crippen molar-refractivity contribution >= 4 is 40.2 Å². The van der Waals surface area contributed by atoms with Crippen molar-refractivity contribution in [1.82, 2.24) is 9.78 Å². The Morgan fingerprint density at radius 1 is 1.23 bits per heavy atom. The molecule has 1 aromatic heterocycles. The normalized spacial score (nSPS) is 18.7. The Balaban J connectivity index is 1.79. The van der Waals surface area contributed by atoms with Crippen molar-refractivity contribution in [3.63, 3.8) is 0 Å². The average Bonchev–Trinajstić information content (AvgIpc) is 3.19. The van der Waals surface area contributed by atoms with E-state index in [1.807, 2.05) is 0 Å². The van der Waals surface area contributed by atoms with Crippen molar-refractivity contribution in [2.45, 2.75) is 25.6 Å². The lowest BCUT2D eigenvalue weighted by Crippen LogP contribution is -2.47. The minimum Gasteiger partial charge on any atom is -0.466 e. The first kappa shape index (κ1) is 24.9. The molecule has 1 saturated heterocycles. The highest BCUT2D eigenvalue weighted by atomic mass is 35.5. The van der Waals surface area contributed by atoms with Gasteiger partial charge < -0.3 is 14.7 Å². The van der Waals surface area contributed by atoms with E-state index in [9.17, 15) is 32.3 Å². The van der Waals surface area contributed by atoms with E-state index in [1.54, 1.807) is 6.92 Å². The van der Waals surface area contributed by atoms with Crippen molar-refractivity contribution in [1.29, 1.82) is 0 Å². The first-order valence-electron chi connectivity index (χ1n) is 10.7. The van der Waals surface area contributed by atoms with E-state index < -0.39 is 52.0 Å². The average molecular weight is 514 g/mol. The molecule has 2 aromatic carbocycles. The zero-order valence-electron chi connectivity index (χ0n) is 18.4. The number of β-amino-alcohol motifs (C(OH)–C–C–N with tert-alkyl or cyclic N) is 1. The number of piperidine rings is 1. The van der Waals surface area contributed by atoms with E-state index in [2.05, 4.69) is 5.10 Å². The molecule has 35 heavy (non-hydrogen) atoms. The number of aromatic nitrogens is 2. The summed E-state index contributed by atoms with van der Waals surface area (Å²) in [7, 11) is 0. The molecule has 1 N–H and O–H groups in total. The first-order valence-corrected chi connectivity index (χ1v) is 11.1. The number of fused-ring (bicyclic) bond motifs is 1. The third-order valence-electron chi connectivity index (χ3n) is 5.83. The number of carbonyl (C=O) groups excluding carboxylic acids is 2. The van der Waals surface area contributed by atoms with Crippen LogP contribution in [-0.2, 0) is 15.7 Å². The molecule has 3 aromatic rings. The lowest BCUT2D eigenvalue weighted by Gasteiger charge is -2.34. The van der Waals surface area contributed by atoms with Gasteiger partial charge in [-0.15, -0.1) is 5.10 Å². The van der Waals surface area contributed by atoms with Gasteiger partial charge in [-0.25, -0.2) is 4.39 Å². The molecule has 0 spiro atoms. The summed E-state index contributed by atoms with van der Waals surface area (Å²) in [5.74, 6) is -3.34. The molecule has 0 saturated carbocycles. The van der Waals surface area contributed by atoms with Crippen LogP contribution in [0.3, 0.4) is 0 Å². The van der Waals surface area contributed by atoms with Crippen molar-refractivity contribution < 1.29 is 37.0 Å². The fraction of sp³-hybridized carbons (Fsp3) is 0.348. The maximum Gasteiger partial charge on any atom is 0.417 e. The van der Waals surface area contributed by atoms with Gasteiger partial charge in [0.25, 0.3) is 5.91 Å². The van der Waals surface area contributed by atoms with Crippen LogP contribution in [0.25, 0.3) is 10.9 Å². The third kappa shape index (κ3) is 4.57. The number of halogens is 5. The maximum atomic E-state index is 14.9.